The number of aromatic nitrogens is 12. The summed E-state index contributed by atoms with van der Waals surface area (Å²) in [5, 5.41) is 16.1. The van der Waals surface area contributed by atoms with E-state index in [1.807, 2.05) is 86.0 Å². The summed E-state index contributed by atoms with van der Waals surface area (Å²) < 4.78 is 27.5. The fraction of sp³-hybridized carbons (Fsp3) is 0.316. The van der Waals surface area contributed by atoms with Gasteiger partial charge in [0.05, 0.1) is 24.0 Å². The molecule has 114 heavy (non-hydrogen) atoms. The fourth-order valence-electron chi connectivity index (χ4n) is 12.9. The summed E-state index contributed by atoms with van der Waals surface area (Å²) in [4.78, 5) is 112. The molecule has 3 saturated heterocycles. The second kappa shape index (κ2) is 41.8. The molecule has 35 heteroatoms. The number of hydrogen-bond acceptors (Lipinski definition) is 23. The monoisotopic (exact) mass is 1690 g/mol. The number of nitrogens with two attached hydrogens (primary N) is 1. The van der Waals surface area contributed by atoms with Crippen LogP contribution in [0.2, 0.25) is 20.1 Å². The van der Waals surface area contributed by atoms with Crippen LogP contribution >= 0.6 is 58.2 Å². The molecule has 1 atom stereocenters. The molecule has 28 nitrogen and oxygen atoms in total. The molecule has 1 unspecified atom stereocenters. The minimum absolute atomic E-state index is 0. The minimum atomic E-state index is -1.30. The number of piperidine rings is 3. The maximum Gasteiger partial charge on any atom is 1.00 e. The molecular formula is C79H85Cl4KN18O10S2. The number of nitrogens with zero attached hydrogens (tertiary/aromatic N) is 14. The number of anilines is 2. The number of amides is 2. The van der Waals surface area contributed by atoms with Gasteiger partial charge < -0.3 is 46.4 Å². The zero-order valence-corrected chi connectivity index (χ0v) is 72.1. The number of carbonyl (C=O) groups excluding carboxylic acids is 2. The van der Waals surface area contributed by atoms with Crippen molar-refractivity contribution in [2.24, 2.45) is 33.9 Å². The number of halogens is 4. The number of hydrogen-bond donors (Lipinski definition) is 4. The Labute approximate surface area is 726 Å². The maximum atomic E-state index is 13.0. The first kappa shape index (κ1) is 89.3. The van der Waals surface area contributed by atoms with Gasteiger partial charge in [0.15, 0.2) is 5.16 Å². The molecule has 12 aromatic rings. The SMILES string of the molecule is CCOC(=O)N1CCC(N)CC1.CCOC(=O)N1CCC(Nc2ncc3cc(-c4ccccc4Cl)c(=O)n(C)c3n2)CC1.CSc1ncc2cc(-c3ccccc3Cl)c(=O)n(C)c2n1.Cn1c(=O)c(-c2ccccc2Cl)cc2cnc(NC3CCNCC3)nc21.Cn1c(=O)c(-c2ccccc2Cl)cc2cnc(S(C)=O)nc21.[K+].[OH-]. The molecular weight excluding hydrogens is 1610 g/mol. The van der Waals surface area contributed by atoms with Crippen LogP contribution in [0.25, 0.3) is 88.6 Å². The van der Waals surface area contributed by atoms with Crippen molar-refractivity contribution in [3.05, 3.63) is 208 Å². The largest absolute Gasteiger partial charge is 1.00 e. The number of aryl methyl sites for hydroxylation is 4. The Bertz CT molecular complexity index is 5730. The van der Waals surface area contributed by atoms with Gasteiger partial charge in [0, 0.05) is 190 Å². The van der Waals surface area contributed by atoms with E-state index in [1.54, 1.807) is 123 Å². The van der Waals surface area contributed by atoms with E-state index in [0.717, 1.165) is 86.4 Å². The van der Waals surface area contributed by atoms with Crippen LogP contribution in [0.1, 0.15) is 52.4 Å². The Morgan fingerprint density at radius 1 is 0.491 bits per heavy atom. The van der Waals surface area contributed by atoms with Crippen molar-refractivity contribution in [1.29, 1.82) is 0 Å². The normalized spacial score (nSPS) is 13.9. The summed E-state index contributed by atoms with van der Waals surface area (Å²) in [7, 11) is 5.45. The number of pyridine rings is 4. The minimum Gasteiger partial charge on any atom is -0.870 e. The van der Waals surface area contributed by atoms with Crippen molar-refractivity contribution in [3.63, 3.8) is 0 Å². The number of benzene rings is 4. The molecule has 0 saturated carbocycles. The van der Waals surface area contributed by atoms with Crippen LogP contribution in [0, 0.1) is 0 Å². The molecule has 0 bridgehead atoms. The maximum absolute atomic E-state index is 13.0. The quantitative estimate of drug-likeness (QED) is 0.0502. The topological polar surface area (TPSA) is 359 Å². The van der Waals surface area contributed by atoms with Gasteiger partial charge in [-0.05, 0) is 120 Å². The van der Waals surface area contributed by atoms with Crippen LogP contribution in [-0.2, 0) is 48.5 Å². The Balaban J connectivity index is 0.000000167. The average Bonchev–Trinajstić information content (AvgIpc) is 0.789. The van der Waals surface area contributed by atoms with Gasteiger partial charge in [0.2, 0.25) is 17.1 Å². The van der Waals surface area contributed by atoms with Crippen LogP contribution in [0.3, 0.4) is 0 Å². The number of nitrogens with one attached hydrogen (secondary N) is 3. The van der Waals surface area contributed by atoms with Crippen molar-refractivity contribution in [2.75, 3.05) is 75.6 Å². The van der Waals surface area contributed by atoms with E-state index in [2.05, 4.69) is 55.8 Å². The summed E-state index contributed by atoms with van der Waals surface area (Å²) in [6.07, 6.45) is 15.1. The fourth-order valence-corrected chi connectivity index (χ4v) is 14.6. The zero-order chi connectivity index (χ0) is 79.9. The van der Waals surface area contributed by atoms with E-state index in [1.165, 1.54) is 31.7 Å². The Morgan fingerprint density at radius 2 is 0.807 bits per heavy atom. The van der Waals surface area contributed by atoms with Crippen LogP contribution < -0.4 is 95.3 Å². The van der Waals surface area contributed by atoms with Crippen molar-refractivity contribution in [1.82, 2.24) is 73.3 Å². The van der Waals surface area contributed by atoms with Crippen LogP contribution in [0.15, 0.2) is 176 Å². The molecule has 0 spiro atoms. The zero-order valence-electron chi connectivity index (χ0n) is 64.3. The van der Waals surface area contributed by atoms with Crippen molar-refractivity contribution in [2.45, 2.75) is 80.8 Å². The molecule has 6 N–H and O–H groups in total. The summed E-state index contributed by atoms with van der Waals surface area (Å²) in [6, 6.07) is 36.9. The molecule has 0 aliphatic carbocycles. The van der Waals surface area contributed by atoms with Crippen LogP contribution in [0.5, 0.6) is 0 Å². The smallest absolute Gasteiger partial charge is 0.870 e. The van der Waals surface area contributed by atoms with Gasteiger partial charge in [0.1, 0.15) is 22.6 Å². The summed E-state index contributed by atoms with van der Waals surface area (Å²) in [6.45, 7) is 9.12. The number of ether oxygens (including phenoxy) is 2. The third kappa shape index (κ3) is 21.7. The van der Waals surface area contributed by atoms with E-state index in [4.69, 9.17) is 61.6 Å². The van der Waals surface area contributed by atoms with Crippen molar-refractivity contribution in [3.8, 4) is 44.5 Å². The van der Waals surface area contributed by atoms with Gasteiger partial charge in [-0.3, -0.25) is 41.7 Å². The number of fused-ring (bicyclic) bond motifs is 4. The van der Waals surface area contributed by atoms with Crippen LogP contribution in [0.4, 0.5) is 21.5 Å². The molecule has 2 amide bonds. The third-order valence-corrected chi connectivity index (χ3v) is 21.5. The molecule has 0 radical (unpaired) electrons. The first-order valence-electron chi connectivity index (χ1n) is 36.1. The molecule has 4 aromatic carbocycles. The predicted octanol–water partition coefficient (Wildman–Crippen LogP) is 9.64. The van der Waals surface area contributed by atoms with Gasteiger partial charge in [-0.15, -0.1) is 0 Å². The van der Waals surface area contributed by atoms with E-state index in [-0.39, 0.29) is 109 Å². The second-order valence-electron chi connectivity index (χ2n) is 26.4. The number of rotatable bonds is 12. The Morgan fingerprint density at radius 3 is 1.15 bits per heavy atom. The van der Waals surface area contributed by atoms with Gasteiger partial charge in [-0.2, -0.15) is 9.97 Å². The summed E-state index contributed by atoms with van der Waals surface area (Å²) in [5.74, 6) is 1.02. The number of carbonyl (C=O) groups is 2. The van der Waals surface area contributed by atoms with E-state index in [0.29, 0.717) is 136 Å². The molecule has 15 rings (SSSR count). The number of thioether (sulfide) groups is 1. The van der Waals surface area contributed by atoms with Gasteiger partial charge in [0.25, 0.3) is 22.2 Å². The third-order valence-electron chi connectivity index (χ3n) is 18.9. The van der Waals surface area contributed by atoms with Crippen molar-refractivity contribution >= 4 is 137 Å². The van der Waals surface area contributed by atoms with E-state index >= 15 is 0 Å². The van der Waals surface area contributed by atoms with Gasteiger partial charge >= 0.3 is 63.6 Å². The molecule has 592 valence electrons. The molecule has 3 fully saturated rings. The van der Waals surface area contributed by atoms with Crippen LogP contribution in [-0.4, -0.2) is 173 Å². The molecule has 11 heterocycles. The predicted molar refractivity (Wildman–Crippen MR) is 448 cm³/mol. The Kier molecular flexibility index (Phi) is 32.7. The van der Waals surface area contributed by atoms with E-state index < -0.39 is 10.8 Å². The first-order valence-corrected chi connectivity index (χ1v) is 40.4. The average molecular weight is 1690 g/mol. The molecule has 3 aliphatic rings. The van der Waals surface area contributed by atoms with Crippen molar-refractivity contribution < 1.29 is 80.1 Å². The first-order chi connectivity index (χ1) is 53.9. The van der Waals surface area contributed by atoms with E-state index in [9.17, 15) is 33.0 Å². The second-order valence-corrected chi connectivity index (χ2v) is 30.0. The van der Waals surface area contributed by atoms with Gasteiger partial charge in [-0.25, -0.2) is 39.5 Å². The standard InChI is InChI=1S/C22H24ClN5O3.C19H20ClN5O.C15H12ClN3O2S.C15H12ClN3OS.C8H16N2O2.K.H2O/c1-3-31-22(30)28-10-8-15(9-11-28)25-21-24-13-14-12-17(16-6-4-5-7-18(16)23)20(29)27(2)19(14)26-21;1-25-17-12(10-15(18(25)26)14-4-2-3-5-16(14)20)11-22-19(24-17)23-13-6-8-21-9-7-13;1-19-13-9(8-17-15(18-13)22(2)21)7-11(14(19)20)10-5-3-4-6-12(10)16;1-19-13-9(8-17-15(18-13)21-2)7-11(14(19)20)10-5-3-4-6-12(10)16;1-2-12-8(11)10-5-3-7(9)4-6-10;;/h4-7,12-13,15H,3,8-11H2,1-2H3,(H,24,25,26);2-5,10-11,13,21H,6-9H2,1H3,(H,22,23,24);3-8H,1-2H3;3-8H,1-2H3;7H,2-6,9H2,1H3;;1H2/q;;;;;+1;/p-1. The summed E-state index contributed by atoms with van der Waals surface area (Å²) >= 11 is 26.4. The van der Waals surface area contributed by atoms with Gasteiger partial charge in [-0.1, -0.05) is 131 Å². The molecule has 8 aromatic heterocycles. The summed E-state index contributed by atoms with van der Waals surface area (Å²) in [5.41, 5.74) is 12.1. The number of likely N-dealkylation sites (tertiary alicyclic amines) is 2. The Hall–Kier alpha value is -8.64. The molecule has 3 aliphatic heterocycles.